The molecule has 3 rings (SSSR count). The highest BCUT2D eigenvalue weighted by atomic mass is 35.5. The second-order valence-corrected chi connectivity index (χ2v) is 5.16. The number of anilines is 1. The number of halogens is 1. The molecule has 0 saturated carbocycles. The summed E-state index contributed by atoms with van der Waals surface area (Å²) in [6.45, 7) is 1.97. The summed E-state index contributed by atoms with van der Waals surface area (Å²) in [4.78, 5) is 4.28. The fourth-order valence-corrected chi connectivity index (χ4v) is 2.57. The van der Waals surface area contributed by atoms with E-state index in [1.165, 1.54) is 0 Å². The van der Waals surface area contributed by atoms with E-state index >= 15 is 0 Å². The van der Waals surface area contributed by atoms with Gasteiger partial charge in [-0.1, -0.05) is 30.3 Å². The van der Waals surface area contributed by atoms with E-state index < -0.39 is 0 Å². The summed E-state index contributed by atoms with van der Waals surface area (Å²) in [6.07, 6.45) is 1.71. The molecule has 5 nitrogen and oxygen atoms in total. The topological polar surface area (TPSA) is 61.7 Å². The smallest absolute Gasteiger partial charge is 0.160 e. The van der Waals surface area contributed by atoms with Gasteiger partial charge in [0.2, 0.25) is 0 Å². The lowest BCUT2D eigenvalue weighted by Crippen LogP contribution is -2.08. The number of aromatic nitrogens is 4. The van der Waals surface area contributed by atoms with Crippen LogP contribution in [0.5, 0.6) is 0 Å². The second-order valence-electron chi connectivity index (χ2n) is 4.90. The predicted octanol–water partition coefficient (Wildman–Crippen LogP) is 2.90. The Morgan fingerprint density at radius 1 is 1.24 bits per heavy atom. The van der Waals surface area contributed by atoms with Gasteiger partial charge in [0.25, 0.3) is 0 Å². The third-order valence-corrected chi connectivity index (χ3v) is 3.77. The van der Waals surface area contributed by atoms with E-state index in [4.69, 9.17) is 17.3 Å². The van der Waals surface area contributed by atoms with Crippen LogP contribution < -0.4 is 5.73 Å². The molecule has 0 unspecified atom stereocenters. The Kier molecular flexibility index (Phi) is 3.43. The Hall–Kier alpha value is -2.27. The third-order valence-electron chi connectivity index (χ3n) is 3.52. The number of nitrogen functional groups attached to an aromatic ring is 1. The molecule has 0 radical (unpaired) electrons. The van der Waals surface area contributed by atoms with Crippen molar-refractivity contribution < 1.29 is 0 Å². The second kappa shape index (κ2) is 5.26. The maximum Gasteiger partial charge on any atom is 0.160 e. The number of rotatable bonds is 3. The molecule has 0 spiro atoms. The molecule has 2 N–H and O–H groups in total. The van der Waals surface area contributed by atoms with Gasteiger partial charge in [-0.25, -0.2) is 4.98 Å². The summed E-state index contributed by atoms with van der Waals surface area (Å²) >= 11 is 5.95. The van der Waals surface area contributed by atoms with Crippen LogP contribution in [0.4, 0.5) is 5.82 Å². The first kappa shape index (κ1) is 13.7. The molecular weight excluding hydrogens is 286 g/mol. The van der Waals surface area contributed by atoms with Crippen LogP contribution in [0.25, 0.3) is 17.1 Å². The predicted molar refractivity (Wildman–Crippen MR) is 84.5 cm³/mol. The highest BCUT2D eigenvalue weighted by molar-refractivity contribution is 6.17. The molecule has 0 aliphatic carbocycles. The monoisotopic (exact) mass is 301 g/mol. The van der Waals surface area contributed by atoms with Gasteiger partial charge < -0.3 is 10.3 Å². The average molecular weight is 302 g/mol. The van der Waals surface area contributed by atoms with Crippen molar-refractivity contribution in [3.63, 3.8) is 0 Å². The maximum atomic E-state index is 6.24. The number of alkyl halides is 1. The third kappa shape index (κ3) is 2.19. The summed E-state index contributed by atoms with van der Waals surface area (Å²) < 4.78 is 3.58. The molecular formula is C15H16ClN5. The van der Waals surface area contributed by atoms with E-state index in [9.17, 15) is 0 Å². The molecule has 0 atom stereocenters. The van der Waals surface area contributed by atoms with Gasteiger partial charge in [-0.15, -0.1) is 11.6 Å². The Balaban J connectivity index is 2.20. The Morgan fingerprint density at radius 3 is 2.62 bits per heavy atom. The zero-order valence-electron chi connectivity index (χ0n) is 11.9. The van der Waals surface area contributed by atoms with E-state index in [1.54, 1.807) is 11.0 Å². The quantitative estimate of drug-likeness (QED) is 0.757. The fourth-order valence-electron chi connectivity index (χ4n) is 2.38. The van der Waals surface area contributed by atoms with Gasteiger partial charge in [0.15, 0.2) is 5.82 Å². The lowest BCUT2D eigenvalue weighted by molar-refractivity contribution is 0.776. The summed E-state index contributed by atoms with van der Waals surface area (Å²) in [7, 11) is 1.90. The summed E-state index contributed by atoms with van der Waals surface area (Å²) in [5, 5.41) is 4.66. The van der Waals surface area contributed by atoms with Gasteiger partial charge in [0.1, 0.15) is 5.82 Å². The largest absolute Gasteiger partial charge is 0.383 e. The van der Waals surface area contributed by atoms with Crippen LogP contribution in [0, 0.1) is 6.92 Å². The standard InChI is InChI=1S/C15H16ClN5/c1-10-13(11-6-4-3-5-7-11)19-21(14(10)17)15-12(8-16)18-9-20(15)2/h3-7,9H,8,17H2,1-2H3. The minimum absolute atomic E-state index is 0.315. The summed E-state index contributed by atoms with van der Waals surface area (Å²) in [6, 6.07) is 9.98. The molecule has 0 aliphatic rings. The first-order chi connectivity index (χ1) is 10.1. The van der Waals surface area contributed by atoms with Crippen LogP contribution >= 0.6 is 11.6 Å². The number of nitrogens with two attached hydrogens (primary N) is 1. The van der Waals surface area contributed by atoms with Crippen molar-refractivity contribution >= 4 is 17.4 Å². The lowest BCUT2D eigenvalue weighted by atomic mass is 10.1. The van der Waals surface area contributed by atoms with Crippen LogP contribution in [0.2, 0.25) is 0 Å². The molecule has 21 heavy (non-hydrogen) atoms. The van der Waals surface area contributed by atoms with Crippen LogP contribution in [-0.4, -0.2) is 19.3 Å². The first-order valence-electron chi connectivity index (χ1n) is 6.60. The van der Waals surface area contributed by atoms with Crippen molar-refractivity contribution in [1.82, 2.24) is 19.3 Å². The van der Waals surface area contributed by atoms with Crippen molar-refractivity contribution in [1.29, 1.82) is 0 Å². The molecule has 0 aliphatic heterocycles. The highest BCUT2D eigenvalue weighted by Crippen LogP contribution is 2.29. The number of aryl methyl sites for hydroxylation is 1. The zero-order valence-corrected chi connectivity index (χ0v) is 12.7. The first-order valence-corrected chi connectivity index (χ1v) is 7.14. The molecule has 0 fully saturated rings. The Bertz CT molecular complexity index is 773. The molecule has 108 valence electrons. The van der Waals surface area contributed by atoms with Gasteiger partial charge >= 0.3 is 0 Å². The molecule has 0 saturated heterocycles. The Labute approximate surface area is 128 Å². The molecule has 0 amide bonds. The minimum Gasteiger partial charge on any atom is -0.383 e. The SMILES string of the molecule is Cc1c(-c2ccccc2)nn(-c2c(CCl)ncn2C)c1N. The van der Waals surface area contributed by atoms with Crippen LogP contribution in [-0.2, 0) is 12.9 Å². The number of hydrogen-bond acceptors (Lipinski definition) is 3. The fraction of sp³-hybridized carbons (Fsp3) is 0.200. The normalized spacial score (nSPS) is 11.0. The summed E-state index contributed by atoms with van der Waals surface area (Å²) in [5.74, 6) is 1.71. The number of nitrogens with zero attached hydrogens (tertiary/aromatic N) is 4. The van der Waals surface area contributed by atoms with E-state index in [0.717, 1.165) is 28.3 Å². The van der Waals surface area contributed by atoms with E-state index in [1.807, 2.05) is 48.9 Å². The van der Waals surface area contributed by atoms with Crippen molar-refractivity contribution in [3.8, 4) is 17.1 Å². The minimum atomic E-state index is 0.315. The van der Waals surface area contributed by atoms with Gasteiger partial charge in [0.05, 0.1) is 23.6 Å². The molecule has 6 heteroatoms. The van der Waals surface area contributed by atoms with Crippen molar-refractivity contribution in [2.24, 2.45) is 7.05 Å². The number of benzene rings is 1. The summed E-state index contributed by atoms with van der Waals surface area (Å²) in [5.41, 5.74) is 9.85. The van der Waals surface area contributed by atoms with E-state index in [-0.39, 0.29) is 0 Å². The van der Waals surface area contributed by atoms with E-state index in [2.05, 4.69) is 10.1 Å². The van der Waals surface area contributed by atoms with Gasteiger partial charge in [-0.2, -0.15) is 9.78 Å². The number of hydrogen-bond donors (Lipinski definition) is 1. The molecule has 2 heterocycles. The molecule has 2 aromatic heterocycles. The van der Waals surface area contributed by atoms with Crippen LogP contribution in [0.1, 0.15) is 11.3 Å². The zero-order chi connectivity index (χ0) is 15.0. The molecule has 1 aromatic carbocycles. The van der Waals surface area contributed by atoms with Gasteiger partial charge in [-0.3, -0.25) is 0 Å². The van der Waals surface area contributed by atoms with Crippen molar-refractivity contribution in [3.05, 3.63) is 47.9 Å². The van der Waals surface area contributed by atoms with Crippen molar-refractivity contribution in [2.45, 2.75) is 12.8 Å². The lowest BCUT2D eigenvalue weighted by Gasteiger charge is -2.06. The van der Waals surface area contributed by atoms with Gasteiger partial charge in [-0.05, 0) is 6.92 Å². The van der Waals surface area contributed by atoms with Gasteiger partial charge in [0, 0.05) is 18.2 Å². The van der Waals surface area contributed by atoms with Crippen LogP contribution in [0.3, 0.4) is 0 Å². The van der Waals surface area contributed by atoms with Crippen molar-refractivity contribution in [2.75, 3.05) is 5.73 Å². The molecule has 3 aromatic rings. The number of imidazole rings is 1. The molecule has 0 bridgehead atoms. The highest BCUT2D eigenvalue weighted by Gasteiger charge is 2.19. The van der Waals surface area contributed by atoms with E-state index in [0.29, 0.717) is 11.7 Å². The Morgan fingerprint density at radius 2 is 1.95 bits per heavy atom. The maximum absolute atomic E-state index is 6.24. The van der Waals surface area contributed by atoms with Crippen LogP contribution in [0.15, 0.2) is 36.7 Å². The average Bonchev–Trinajstić information content (AvgIpc) is 3.01.